The van der Waals surface area contributed by atoms with Crippen molar-refractivity contribution in [2.45, 2.75) is 56.4 Å². The van der Waals surface area contributed by atoms with Crippen LogP contribution < -0.4 is 4.74 Å². The van der Waals surface area contributed by atoms with Crippen LogP contribution in [0.25, 0.3) is 0 Å². The van der Waals surface area contributed by atoms with Gasteiger partial charge in [0.05, 0.1) is 22.5 Å². The monoisotopic (exact) mass is 394 g/mol. The van der Waals surface area contributed by atoms with E-state index in [1.807, 2.05) is 62.7 Å². The molecule has 1 aromatic heterocycles. The zero-order valence-corrected chi connectivity index (χ0v) is 17.8. The number of carbonyl (C=O) groups is 1. The zero-order chi connectivity index (χ0) is 20.3. The molecule has 0 fully saturated rings. The number of carbonyl (C=O) groups excluding carboxylic acids is 1. The van der Waals surface area contributed by atoms with E-state index in [4.69, 9.17) is 4.74 Å². The number of aryl methyl sites for hydroxylation is 2. The van der Waals surface area contributed by atoms with Crippen LogP contribution in [0, 0.1) is 13.8 Å². The molecule has 0 radical (unpaired) electrons. The highest BCUT2D eigenvalue weighted by molar-refractivity contribution is 7.99. The van der Waals surface area contributed by atoms with Gasteiger partial charge in [-0.1, -0.05) is 59.8 Å². The standard InChI is InChI=1S/C23H26N2O2S/c1-16-11-13-19(14-12-16)28-21-17(2)24-25(23(3,4)5)22(21)27-20(26)15-18-9-7-6-8-10-18/h6-14H,15H2,1-5H3. The third-order valence-electron chi connectivity index (χ3n) is 4.24. The Bertz CT molecular complexity index is 955. The number of aromatic nitrogens is 2. The average molecular weight is 395 g/mol. The highest BCUT2D eigenvalue weighted by atomic mass is 32.2. The molecule has 0 aliphatic rings. The molecule has 0 bridgehead atoms. The lowest BCUT2D eigenvalue weighted by Gasteiger charge is -2.22. The fourth-order valence-corrected chi connectivity index (χ4v) is 3.70. The number of hydrogen-bond donors (Lipinski definition) is 0. The second kappa shape index (κ2) is 8.23. The predicted molar refractivity (Wildman–Crippen MR) is 113 cm³/mol. The van der Waals surface area contributed by atoms with Gasteiger partial charge in [-0.2, -0.15) is 5.10 Å². The van der Waals surface area contributed by atoms with Gasteiger partial charge in [0.1, 0.15) is 0 Å². The summed E-state index contributed by atoms with van der Waals surface area (Å²) in [5.74, 6) is 0.221. The van der Waals surface area contributed by atoms with Crippen LogP contribution in [0.3, 0.4) is 0 Å². The Morgan fingerprint density at radius 1 is 1.04 bits per heavy atom. The number of nitrogens with zero attached hydrogens (tertiary/aromatic N) is 2. The lowest BCUT2D eigenvalue weighted by atomic mass is 10.1. The van der Waals surface area contributed by atoms with Crippen molar-refractivity contribution in [3.8, 4) is 5.88 Å². The quantitative estimate of drug-likeness (QED) is 0.532. The van der Waals surface area contributed by atoms with Crippen molar-refractivity contribution in [3.63, 3.8) is 0 Å². The minimum atomic E-state index is -0.306. The topological polar surface area (TPSA) is 44.1 Å². The first-order valence-electron chi connectivity index (χ1n) is 9.33. The molecule has 0 saturated carbocycles. The second-order valence-corrected chi connectivity index (χ2v) is 8.94. The van der Waals surface area contributed by atoms with Crippen molar-refractivity contribution >= 4 is 17.7 Å². The summed E-state index contributed by atoms with van der Waals surface area (Å²) < 4.78 is 7.67. The molecule has 0 aliphatic heterocycles. The molecule has 2 aromatic carbocycles. The molecular weight excluding hydrogens is 368 g/mol. The fraction of sp³-hybridized carbons (Fsp3) is 0.304. The highest BCUT2D eigenvalue weighted by Gasteiger charge is 2.27. The van der Waals surface area contributed by atoms with Gasteiger partial charge in [0.25, 0.3) is 0 Å². The summed E-state index contributed by atoms with van der Waals surface area (Å²) in [6.45, 7) is 10.2. The van der Waals surface area contributed by atoms with E-state index in [1.165, 1.54) is 5.56 Å². The van der Waals surface area contributed by atoms with Crippen LogP contribution in [0.5, 0.6) is 5.88 Å². The van der Waals surface area contributed by atoms with Crippen LogP contribution >= 0.6 is 11.8 Å². The summed E-state index contributed by atoms with van der Waals surface area (Å²) >= 11 is 1.57. The first-order chi connectivity index (χ1) is 13.2. The van der Waals surface area contributed by atoms with Crippen LogP contribution in [0.15, 0.2) is 64.4 Å². The van der Waals surface area contributed by atoms with Crippen LogP contribution in [0.1, 0.15) is 37.6 Å². The molecule has 1 heterocycles. The summed E-state index contributed by atoms with van der Waals surface area (Å²) in [4.78, 5) is 14.6. The summed E-state index contributed by atoms with van der Waals surface area (Å²) in [6, 6.07) is 17.9. The molecule has 28 heavy (non-hydrogen) atoms. The average Bonchev–Trinajstić information content (AvgIpc) is 2.94. The summed E-state index contributed by atoms with van der Waals surface area (Å²) in [5.41, 5.74) is 2.68. The Hall–Kier alpha value is -2.53. The Balaban J connectivity index is 1.92. The predicted octanol–water partition coefficient (Wildman–Crippen LogP) is 5.55. The van der Waals surface area contributed by atoms with E-state index in [1.54, 1.807) is 11.8 Å². The van der Waals surface area contributed by atoms with Crippen molar-refractivity contribution < 1.29 is 9.53 Å². The summed E-state index contributed by atoms with van der Waals surface area (Å²) in [6.07, 6.45) is 0.226. The van der Waals surface area contributed by atoms with Crippen molar-refractivity contribution in [2.24, 2.45) is 0 Å². The van der Waals surface area contributed by atoms with Crippen molar-refractivity contribution in [3.05, 3.63) is 71.4 Å². The number of hydrogen-bond acceptors (Lipinski definition) is 4. The van der Waals surface area contributed by atoms with Gasteiger partial charge in [0, 0.05) is 4.90 Å². The van der Waals surface area contributed by atoms with Gasteiger partial charge >= 0.3 is 5.97 Å². The molecule has 4 nitrogen and oxygen atoms in total. The lowest BCUT2D eigenvalue weighted by Crippen LogP contribution is -2.26. The normalized spacial score (nSPS) is 11.5. The van der Waals surface area contributed by atoms with Gasteiger partial charge in [-0.15, -0.1) is 0 Å². The minimum Gasteiger partial charge on any atom is -0.406 e. The van der Waals surface area contributed by atoms with E-state index in [0.29, 0.717) is 5.88 Å². The van der Waals surface area contributed by atoms with E-state index in [0.717, 1.165) is 21.0 Å². The van der Waals surface area contributed by atoms with Crippen LogP contribution in [0.2, 0.25) is 0 Å². The fourth-order valence-electron chi connectivity index (χ4n) is 2.78. The smallest absolute Gasteiger partial charge is 0.317 e. The van der Waals surface area contributed by atoms with Crippen molar-refractivity contribution in [1.29, 1.82) is 0 Å². The third kappa shape index (κ3) is 4.84. The van der Waals surface area contributed by atoms with Crippen LogP contribution in [-0.2, 0) is 16.8 Å². The number of esters is 1. The molecule has 146 valence electrons. The molecule has 0 spiro atoms. The molecule has 5 heteroatoms. The minimum absolute atomic E-state index is 0.226. The van der Waals surface area contributed by atoms with Crippen molar-refractivity contribution in [1.82, 2.24) is 9.78 Å². The molecular formula is C23H26N2O2S. The lowest BCUT2D eigenvalue weighted by molar-refractivity contribution is -0.134. The molecule has 0 atom stereocenters. The Kier molecular flexibility index (Phi) is 5.94. The number of ether oxygens (including phenoxy) is 1. The molecule has 3 rings (SSSR count). The maximum Gasteiger partial charge on any atom is 0.317 e. The SMILES string of the molecule is Cc1ccc(Sc2c(C)nn(C(C)(C)C)c2OC(=O)Cc2ccccc2)cc1. The van der Waals surface area contributed by atoms with Gasteiger partial charge in [-0.05, 0) is 52.3 Å². The Morgan fingerprint density at radius 2 is 1.68 bits per heavy atom. The molecule has 0 amide bonds. The number of rotatable bonds is 5. The van der Waals surface area contributed by atoms with Crippen LogP contribution in [-0.4, -0.2) is 15.7 Å². The maximum atomic E-state index is 12.6. The van der Waals surface area contributed by atoms with E-state index in [9.17, 15) is 4.79 Å². The third-order valence-corrected chi connectivity index (χ3v) is 5.43. The Morgan fingerprint density at radius 3 is 2.29 bits per heavy atom. The molecule has 3 aromatic rings. The molecule has 0 unspecified atom stereocenters. The van der Waals surface area contributed by atoms with E-state index >= 15 is 0 Å². The number of benzene rings is 2. The second-order valence-electron chi connectivity index (χ2n) is 7.85. The van der Waals surface area contributed by atoms with E-state index < -0.39 is 0 Å². The summed E-state index contributed by atoms with van der Waals surface area (Å²) in [5, 5.41) is 4.67. The molecule has 0 aliphatic carbocycles. The van der Waals surface area contributed by atoms with Gasteiger partial charge < -0.3 is 4.74 Å². The van der Waals surface area contributed by atoms with Crippen molar-refractivity contribution in [2.75, 3.05) is 0 Å². The first kappa shape index (κ1) is 20.2. The zero-order valence-electron chi connectivity index (χ0n) is 17.0. The molecule has 0 saturated heterocycles. The van der Waals surface area contributed by atoms with Crippen LogP contribution in [0.4, 0.5) is 0 Å². The first-order valence-corrected chi connectivity index (χ1v) is 10.1. The highest BCUT2D eigenvalue weighted by Crippen LogP contribution is 2.40. The molecule has 0 N–H and O–H groups in total. The van der Waals surface area contributed by atoms with E-state index in [2.05, 4.69) is 36.3 Å². The van der Waals surface area contributed by atoms with Gasteiger partial charge in [-0.3, -0.25) is 4.79 Å². The van der Waals surface area contributed by atoms with E-state index in [-0.39, 0.29) is 17.9 Å². The maximum absolute atomic E-state index is 12.6. The summed E-state index contributed by atoms with van der Waals surface area (Å²) in [7, 11) is 0. The van der Waals surface area contributed by atoms with Gasteiger partial charge in [0.15, 0.2) is 0 Å². The largest absolute Gasteiger partial charge is 0.406 e. The Labute approximate surface area is 170 Å². The van der Waals surface area contributed by atoms with Gasteiger partial charge in [-0.25, -0.2) is 4.68 Å². The van der Waals surface area contributed by atoms with Gasteiger partial charge in [0.2, 0.25) is 5.88 Å².